The zero-order valence-electron chi connectivity index (χ0n) is 17.0. The summed E-state index contributed by atoms with van der Waals surface area (Å²) in [4.78, 5) is 0. The number of rotatable bonds is 7. The van der Waals surface area contributed by atoms with E-state index in [4.69, 9.17) is 4.74 Å². The van der Waals surface area contributed by atoms with Crippen LogP contribution in [0.15, 0.2) is 71.9 Å². The van der Waals surface area contributed by atoms with E-state index in [0.717, 1.165) is 29.0 Å². The van der Waals surface area contributed by atoms with Crippen LogP contribution in [0.4, 0.5) is 0 Å². The zero-order chi connectivity index (χ0) is 20.2. The van der Waals surface area contributed by atoms with Gasteiger partial charge in [0.15, 0.2) is 17.1 Å². The van der Waals surface area contributed by atoms with E-state index in [1.807, 2.05) is 19.1 Å². The Morgan fingerprint density at radius 1 is 0.966 bits per heavy atom. The first-order valence-electron chi connectivity index (χ1n) is 9.91. The summed E-state index contributed by atoms with van der Waals surface area (Å²) in [7, 11) is 0. The maximum Gasteiger partial charge on any atom is 0.191 e. The molecular formula is C24H25N3OS. The molecule has 0 aliphatic rings. The van der Waals surface area contributed by atoms with Gasteiger partial charge in [0.2, 0.25) is 0 Å². The molecule has 1 aromatic heterocycles. The van der Waals surface area contributed by atoms with Crippen molar-refractivity contribution in [2.75, 3.05) is 0 Å². The van der Waals surface area contributed by atoms with Crippen molar-refractivity contribution in [3.63, 3.8) is 0 Å². The molecule has 1 heterocycles. The summed E-state index contributed by atoms with van der Waals surface area (Å²) in [5.41, 5.74) is 2.53. The van der Waals surface area contributed by atoms with Gasteiger partial charge in [-0.25, -0.2) is 0 Å². The molecule has 0 saturated carbocycles. The minimum absolute atomic E-state index is 0.169. The third kappa shape index (κ3) is 4.30. The van der Waals surface area contributed by atoms with Crippen LogP contribution in [0.3, 0.4) is 0 Å². The van der Waals surface area contributed by atoms with Crippen LogP contribution in [0.1, 0.15) is 36.9 Å². The Balaban J connectivity index is 1.51. The van der Waals surface area contributed by atoms with Gasteiger partial charge in [-0.1, -0.05) is 71.9 Å². The molecule has 3 aromatic carbocycles. The molecule has 0 spiro atoms. The van der Waals surface area contributed by atoms with Gasteiger partial charge in [0.05, 0.1) is 0 Å². The predicted molar refractivity (Wildman–Crippen MR) is 119 cm³/mol. The van der Waals surface area contributed by atoms with Crippen molar-refractivity contribution in [2.45, 2.75) is 44.3 Å². The summed E-state index contributed by atoms with van der Waals surface area (Å²) < 4.78 is 8.25. The summed E-state index contributed by atoms with van der Waals surface area (Å²) in [5, 5.41) is 12.4. The number of thioether (sulfide) groups is 1. The number of fused-ring (bicyclic) bond motifs is 1. The summed E-state index contributed by atoms with van der Waals surface area (Å²) >= 11 is 1.72. The zero-order valence-corrected chi connectivity index (χ0v) is 17.8. The Hall–Kier alpha value is -2.79. The van der Waals surface area contributed by atoms with Crippen LogP contribution in [0, 0.1) is 6.92 Å². The Morgan fingerprint density at radius 3 is 2.52 bits per heavy atom. The van der Waals surface area contributed by atoms with Gasteiger partial charge in [-0.3, -0.25) is 0 Å². The van der Waals surface area contributed by atoms with Crippen molar-refractivity contribution >= 4 is 22.5 Å². The molecule has 4 aromatic rings. The molecule has 0 saturated heterocycles. The first-order valence-corrected chi connectivity index (χ1v) is 10.9. The molecule has 0 aliphatic carbocycles. The Morgan fingerprint density at radius 2 is 1.72 bits per heavy atom. The van der Waals surface area contributed by atoms with E-state index in [1.165, 1.54) is 21.9 Å². The number of nitrogens with zero attached hydrogens (tertiary/aromatic N) is 3. The fourth-order valence-corrected chi connectivity index (χ4v) is 4.45. The molecule has 0 aliphatic heterocycles. The van der Waals surface area contributed by atoms with E-state index in [0.29, 0.717) is 0 Å². The molecule has 0 radical (unpaired) electrons. The average Bonchev–Trinajstić information content (AvgIpc) is 3.17. The van der Waals surface area contributed by atoms with Gasteiger partial charge in [-0.2, -0.15) is 0 Å². The lowest BCUT2D eigenvalue weighted by atomic mass is 10.1. The van der Waals surface area contributed by atoms with Crippen molar-refractivity contribution in [2.24, 2.45) is 0 Å². The Labute approximate surface area is 175 Å². The normalized spacial score (nSPS) is 12.2. The maximum absolute atomic E-state index is 6.10. The van der Waals surface area contributed by atoms with Crippen LogP contribution >= 0.6 is 11.8 Å². The van der Waals surface area contributed by atoms with Crippen LogP contribution in [0.5, 0.6) is 5.75 Å². The maximum atomic E-state index is 6.10. The standard InChI is InChI=1S/C24H25N3OS/c1-4-27-23(18(3)28-21-14-12-17(2)13-15-21)25-26-24(27)29-16-20-10-7-9-19-8-5-6-11-22(19)20/h5-15,18H,4,16H2,1-3H3. The van der Waals surface area contributed by atoms with E-state index in [1.54, 1.807) is 11.8 Å². The summed E-state index contributed by atoms with van der Waals surface area (Å²) in [6.45, 7) is 7.02. The molecule has 0 fully saturated rings. The highest BCUT2D eigenvalue weighted by Crippen LogP contribution is 2.29. The number of benzene rings is 3. The van der Waals surface area contributed by atoms with E-state index < -0.39 is 0 Å². The molecule has 5 heteroatoms. The molecule has 148 valence electrons. The van der Waals surface area contributed by atoms with Crippen molar-refractivity contribution in [1.29, 1.82) is 0 Å². The monoisotopic (exact) mass is 403 g/mol. The van der Waals surface area contributed by atoms with Crippen LogP contribution in [0.25, 0.3) is 10.8 Å². The second-order valence-corrected chi connectivity index (χ2v) is 8.03. The molecular weight excluding hydrogens is 378 g/mol. The lowest BCUT2D eigenvalue weighted by Crippen LogP contribution is -2.12. The Kier molecular flexibility index (Phi) is 5.86. The lowest BCUT2D eigenvalue weighted by molar-refractivity contribution is 0.210. The van der Waals surface area contributed by atoms with E-state index >= 15 is 0 Å². The fraction of sp³-hybridized carbons (Fsp3) is 0.250. The largest absolute Gasteiger partial charge is 0.483 e. The van der Waals surface area contributed by atoms with Gasteiger partial charge in [0.25, 0.3) is 0 Å². The third-order valence-corrected chi connectivity index (χ3v) is 6.01. The number of aryl methyl sites for hydroxylation is 1. The average molecular weight is 404 g/mol. The van der Waals surface area contributed by atoms with Gasteiger partial charge >= 0.3 is 0 Å². The van der Waals surface area contributed by atoms with Gasteiger partial charge in [-0.05, 0) is 49.2 Å². The second-order valence-electron chi connectivity index (χ2n) is 7.09. The smallest absolute Gasteiger partial charge is 0.191 e. The van der Waals surface area contributed by atoms with Crippen molar-refractivity contribution < 1.29 is 4.74 Å². The molecule has 0 amide bonds. The quantitative estimate of drug-likeness (QED) is 0.345. The molecule has 1 atom stereocenters. The lowest BCUT2D eigenvalue weighted by Gasteiger charge is -2.16. The molecule has 4 nitrogen and oxygen atoms in total. The number of aromatic nitrogens is 3. The SMILES string of the molecule is CCn1c(SCc2cccc3ccccc23)nnc1C(C)Oc1ccc(C)cc1. The van der Waals surface area contributed by atoms with Gasteiger partial charge in [0.1, 0.15) is 5.75 Å². The number of ether oxygens (including phenoxy) is 1. The highest BCUT2D eigenvalue weighted by atomic mass is 32.2. The fourth-order valence-electron chi connectivity index (χ4n) is 3.44. The number of hydrogen-bond acceptors (Lipinski definition) is 4. The summed E-state index contributed by atoms with van der Waals surface area (Å²) in [5.74, 6) is 2.55. The van der Waals surface area contributed by atoms with E-state index in [9.17, 15) is 0 Å². The van der Waals surface area contributed by atoms with Gasteiger partial charge < -0.3 is 9.30 Å². The van der Waals surface area contributed by atoms with Crippen LogP contribution in [0.2, 0.25) is 0 Å². The molecule has 1 unspecified atom stereocenters. The van der Waals surface area contributed by atoms with Crippen LogP contribution < -0.4 is 4.74 Å². The minimum Gasteiger partial charge on any atom is -0.483 e. The summed E-state index contributed by atoms with van der Waals surface area (Å²) in [6, 6.07) is 23.1. The second kappa shape index (κ2) is 8.70. The molecule has 29 heavy (non-hydrogen) atoms. The molecule has 0 bridgehead atoms. The van der Waals surface area contributed by atoms with E-state index in [2.05, 4.69) is 83.2 Å². The van der Waals surface area contributed by atoms with E-state index in [-0.39, 0.29) is 6.10 Å². The number of hydrogen-bond donors (Lipinski definition) is 0. The molecule has 4 rings (SSSR count). The van der Waals surface area contributed by atoms with Crippen molar-refractivity contribution in [3.05, 3.63) is 83.7 Å². The van der Waals surface area contributed by atoms with Crippen molar-refractivity contribution in [3.8, 4) is 5.75 Å². The van der Waals surface area contributed by atoms with Crippen LogP contribution in [-0.4, -0.2) is 14.8 Å². The van der Waals surface area contributed by atoms with Gasteiger partial charge in [0, 0.05) is 12.3 Å². The highest BCUT2D eigenvalue weighted by Gasteiger charge is 2.19. The minimum atomic E-state index is -0.169. The van der Waals surface area contributed by atoms with Gasteiger partial charge in [-0.15, -0.1) is 10.2 Å². The Bertz CT molecular complexity index is 1100. The first-order chi connectivity index (χ1) is 14.2. The third-order valence-electron chi connectivity index (χ3n) is 5.00. The van der Waals surface area contributed by atoms with Crippen LogP contribution in [-0.2, 0) is 12.3 Å². The highest BCUT2D eigenvalue weighted by molar-refractivity contribution is 7.98. The first kappa shape index (κ1) is 19.5. The molecule has 0 N–H and O–H groups in total. The summed E-state index contributed by atoms with van der Waals surface area (Å²) in [6.07, 6.45) is -0.169. The van der Waals surface area contributed by atoms with Crippen molar-refractivity contribution in [1.82, 2.24) is 14.8 Å². The topological polar surface area (TPSA) is 39.9 Å². The predicted octanol–water partition coefficient (Wildman–Crippen LogP) is 6.19.